The average Bonchev–Trinajstić information content (AvgIpc) is 2.30. The molecule has 1 aromatic rings. The smallest absolute Gasteiger partial charge is 0.119 e. The number of nitrogens with one attached hydrogen (secondary N) is 1. The van der Waals surface area contributed by atoms with E-state index in [9.17, 15) is 0 Å². The molecule has 1 aliphatic rings. The van der Waals surface area contributed by atoms with Crippen LogP contribution in [0.15, 0.2) is 24.3 Å². The van der Waals surface area contributed by atoms with Crippen molar-refractivity contribution in [2.45, 2.75) is 19.4 Å². The molecule has 1 aliphatic heterocycles. The molecule has 1 atom stereocenters. The van der Waals surface area contributed by atoms with E-state index in [4.69, 9.17) is 4.74 Å². The molecule has 3 heteroatoms. The standard InChI is InChI=1S/C14H22N2O/c1-3-17-14-6-4-5-12(10-14)9-13-11-16(2)8-7-15-13/h4-6,10,13,15H,3,7-9,11H2,1-2H3. The monoisotopic (exact) mass is 234 g/mol. The fourth-order valence-electron chi connectivity index (χ4n) is 2.34. The Morgan fingerprint density at radius 3 is 3.12 bits per heavy atom. The van der Waals surface area contributed by atoms with Crippen LogP contribution in [0.25, 0.3) is 0 Å². The number of likely N-dealkylation sites (N-methyl/N-ethyl adjacent to an activating group) is 1. The van der Waals surface area contributed by atoms with E-state index in [1.165, 1.54) is 5.56 Å². The Labute approximate surface area is 104 Å². The molecule has 2 rings (SSSR count). The van der Waals surface area contributed by atoms with Crippen molar-refractivity contribution in [1.29, 1.82) is 0 Å². The minimum atomic E-state index is 0.561. The highest BCUT2D eigenvalue weighted by Crippen LogP contribution is 2.15. The summed E-state index contributed by atoms with van der Waals surface area (Å²) in [6.07, 6.45) is 1.07. The molecule has 0 aromatic heterocycles. The van der Waals surface area contributed by atoms with Gasteiger partial charge in [0.25, 0.3) is 0 Å². The van der Waals surface area contributed by atoms with Crippen LogP contribution in [0, 0.1) is 0 Å². The third-order valence-corrected chi connectivity index (χ3v) is 3.15. The highest BCUT2D eigenvalue weighted by atomic mass is 16.5. The van der Waals surface area contributed by atoms with Gasteiger partial charge in [-0.2, -0.15) is 0 Å². The number of ether oxygens (including phenoxy) is 1. The zero-order valence-electron chi connectivity index (χ0n) is 10.8. The van der Waals surface area contributed by atoms with Crippen molar-refractivity contribution < 1.29 is 4.74 Å². The molecule has 0 spiro atoms. The first-order valence-corrected chi connectivity index (χ1v) is 6.41. The highest BCUT2D eigenvalue weighted by Gasteiger charge is 2.16. The molecule has 1 fully saturated rings. The van der Waals surface area contributed by atoms with Crippen LogP contribution in [0.2, 0.25) is 0 Å². The molecule has 17 heavy (non-hydrogen) atoms. The van der Waals surface area contributed by atoms with E-state index >= 15 is 0 Å². The van der Waals surface area contributed by atoms with Crippen molar-refractivity contribution in [3.05, 3.63) is 29.8 Å². The van der Waals surface area contributed by atoms with Crippen LogP contribution in [0.4, 0.5) is 0 Å². The molecule has 0 aliphatic carbocycles. The summed E-state index contributed by atoms with van der Waals surface area (Å²) in [4.78, 5) is 2.38. The number of rotatable bonds is 4. The maximum atomic E-state index is 5.53. The molecule has 94 valence electrons. The van der Waals surface area contributed by atoms with Crippen molar-refractivity contribution in [3.8, 4) is 5.75 Å². The molecule has 0 amide bonds. The molecular formula is C14H22N2O. The van der Waals surface area contributed by atoms with Gasteiger partial charge in [-0.3, -0.25) is 0 Å². The fraction of sp³-hybridized carbons (Fsp3) is 0.571. The number of hydrogen-bond acceptors (Lipinski definition) is 3. The van der Waals surface area contributed by atoms with E-state index in [0.717, 1.165) is 38.4 Å². The molecule has 0 radical (unpaired) electrons. The molecular weight excluding hydrogens is 212 g/mol. The van der Waals surface area contributed by atoms with Gasteiger partial charge in [-0.15, -0.1) is 0 Å². The van der Waals surface area contributed by atoms with Crippen LogP contribution in [-0.4, -0.2) is 44.2 Å². The quantitative estimate of drug-likeness (QED) is 0.855. The van der Waals surface area contributed by atoms with Crippen LogP contribution in [-0.2, 0) is 6.42 Å². The van der Waals surface area contributed by atoms with Crippen LogP contribution < -0.4 is 10.1 Å². The normalized spacial score (nSPS) is 21.4. The Morgan fingerprint density at radius 1 is 1.47 bits per heavy atom. The first-order chi connectivity index (χ1) is 8.28. The minimum absolute atomic E-state index is 0.561. The van der Waals surface area contributed by atoms with Crippen molar-refractivity contribution in [2.24, 2.45) is 0 Å². The Bertz CT molecular complexity index is 354. The fourth-order valence-corrected chi connectivity index (χ4v) is 2.34. The summed E-state index contributed by atoms with van der Waals surface area (Å²) in [5.41, 5.74) is 1.35. The molecule has 1 saturated heterocycles. The molecule has 0 saturated carbocycles. The number of piperazine rings is 1. The van der Waals surface area contributed by atoms with Gasteiger partial charge >= 0.3 is 0 Å². The van der Waals surface area contributed by atoms with Crippen molar-refractivity contribution in [3.63, 3.8) is 0 Å². The van der Waals surface area contributed by atoms with E-state index in [0.29, 0.717) is 6.04 Å². The van der Waals surface area contributed by atoms with Crippen molar-refractivity contribution in [1.82, 2.24) is 10.2 Å². The minimum Gasteiger partial charge on any atom is -0.494 e. The molecule has 1 heterocycles. The van der Waals surface area contributed by atoms with Crippen molar-refractivity contribution >= 4 is 0 Å². The Morgan fingerprint density at radius 2 is 2.35 bits per heavy atom. The summed E-state index contributed by atoms with van der Waals surface area (Å²) in [6.45, 7) is 6.11. The molecule has 1 N–H and O–H groups in total. The van der Waals surface area contributed by atoms with Gasteiger partial charge < -0.3 is 15.0 Å². The summed E-state index contributed by atoms with van der Waals surface area (Å²) in [5.74, 6) is 0.981. The van der Waals surface area contributed by atoms with Crippen LogP contribution in [0.5, 0.6) is 5.75 Å². The third kappa shape index (κ3) is 3.72. The SMILES string of the molecule is CCOc1cccc(CC2CN(C)CCN2)c1. The number of nitrogens with zero attached hydrogens (tertiary/aromatic N) is 1. The molecule has 1 aromatic carbocycles. The Hall–Kier alpha value is -1.06. The Balaban J connectivity index is 1.95. The van der Waals surface area contributed by atoms with Gasteiger partial charge in [0.15, 0.2) is 0 Å². The maximum absolute atomic E-state index is 5.53. The molecule has 1 unspecified atom stereocenters. The van der Waals surface area contributed by atoms with Crippen molar-refractivity contribution in [2.75, 3.05) is 33.3 Å². The van der Waals surface area contributed by atoms with Crippen LogP contribution >= 0.6 is 0 Å². The van der Waals surface area contributed by atoms with Gasteiger partial charge in [0, 0.05) is 25.7 Å². The second-order valence-electron chi connectivity index (χ2n) is 4.70. The topological polar surface area (TPSA) is 24.5 Å². The summed E-state index contributed by atoms with van der Waals surface area (Å²) in [7, 11) is 2.18. The lowest BCUT2D eigenvalue weighted by Gasteiger charge is -2.31. The summed E-state index contributed by atoms with van der Waals surface area (Å²) in [6, 6.07) is 8.99. The van der Waals surface area contributed by atoms with Crippen LogP contribution in [0.3, 0.4) is 0 Å². The zero-order valence-corrected chi connectivity index (χ0v) is 10.8. The lowest BCUT2D eigenvalue weighted by molar-refractivity contribution is 0.238. The molecule has 3 nitrogen and oxygen atoms in total. The predicted molar refractivity (Wildman–Crippen MR) is 70.6 cm³/mol. The van der Waals surface area contributed by atoms with Gasteiger partial charge in [-0.1, -0.05) is 12.1 Å². The van der Waals surface area contributed by atoms with E-state index in [-0.39, 0.29) is 0 Å². The highest BCUT2D eigenvalue weighted by molar-refractivity contribution is 5.29. The number of benzene rings is 1. The van der Waals surface area contributed by atoms with E-state index in [1.807, 2.05) is 13.0 Å². The van der Waals surface area contributed by atoms with Gasteiger partial charge in [0.05, 0.1) is 6.61 Å². The largest absolute Gasteiger partial charge is 0.494 e. The Kier molecular flexibility index (Phi) is 4.40. The summed E-state index contributed by atoms with van der Waals surface area (Å²) >= 11 is 0. The van der Waals surface area contributed by atoms with Gasteiger partial charge in [0.2, 0.25) is 0 Å². The average molecular weight is 234 g/mol. The van der Waals surface area contributed by atoms with E-state index < -0.39 is 0 Å². The second-order valence-corrected chi connectivity index (χ2v) is 4.70. The van der Waals surface area contributed by atoms with Gasteiger partial charge in [-0.05, 0) is 38.1 Å². The first-order valence-electron chi connectivity index (χ1n) is 6.41. The lowest BCUT2D eigenvalue weighted by atomic mass is 10.0. The summed E-state index contributed by atoms with van der Waals surface area (Å²) < 4.78 is 5.53. The zero-order chi connectivity index (χ0) is 12.1. The van der Waals surface area contributed by atoms with Gasteiger partial charge in [-0.25, -0.2) is 0 Å². The first kappa shape index (κ1) is 12.4. The van der Waals surface area contributed by atoms with E-state index in [1.54, 1.807) is 0 Å². The maximum Gasteiger partial charge on any atom is 0.119 e. The molecule has 0 bridgehead atoms. The lowest BCUT2D eigenvalue weighted by Crippen LogP contribution is -2.49. The summed E-state index contributed by atoms with van der Waals surface area (Å²) in [5, 5.41) is 3.57. The predicted octanol–water partition coefficient (Wildman–Crippen LogP) is 1.53. The third-order valence-electron chi connectivity index (χ3n) is 3.15. The van der Waals surface area contributed by atoms with Gasteiger partial charge in [0.1, 0.15) is 5.75 Å². The van der Waals surface area contributed by atoms with Crippen LogP contribution in [0.1, 0.15) is 12.5 Å². The number of hydrogen-bond donors (Lipinski definition) is 1. The van der Waals surface area contributed by atoms with E-state index in [2.05, 4.69) is 35.5 Å². The second kappa shape index (κ2) is 6.03.